The molecular formula is C28H28N8. The number of nitrogens with zero attached hydrogens (tertiary/aromatic N) is 7. The van der Waals surface area contributed by atoms with Crippen LogP contribution in [0, 0.1) is 13.8 Å². The number of benzene rings is 2. The molecule has 7 rings (SSSR count). The van der Waals surface area contributed by atoms with E-state index in [9.17, 15) is 0 Å². The molecule has 1 aliphatic heterocycles. The standard InChI is InChI=1S/C28H28N8/c1-16-14-17(2)29-28-25(16)30-27(20-9-10-20)36(28)22-12-13-24-21(15-22)11-8-19-6-4-5-7-23(19)35(24)18(3)26-31-33-34-32-26/h4-7,12-15,18,20H,8-11H2,1-3H3,(H,31,32,33,34). The van der Waals surface area contributed by atoms with Gasteiger partial charge in [-0.15, -0.1) is 10.2 Å². The van der Waals surface area contributed by atoms with Crippen molar-refractivity contribution in [3.8, 4) is 5.69 Å². The SMILES string of the molecule is Cc1cc(C)c2nc(C3CC3)n(-c3ccc4c(c3)CCc3ccccc3N4C(C)c3nn[nH]n3)c2n1. The number of pyridine rings is 1. The third-order valence-electron chi connectivity index (χ3n) is 7.52. The summed E-state index contributed by atoms with van der Waals surface area (Å²) in [6.07, 6.45) is 4.31. The second-order valence-corrected chi connectivity index (χ2v) is 10.1. The molecule has 5 aromatic rings. The number of imidazole rings is 1. The van der Waals surface area contributed by atoms with E-state index in [2.05, 4.69) is 99.4 Å². The third kappa shape index (κ3) is 3.31. The zero-order chi connectivity index (χ0) is 24.4. The fourth-order valence-corrected chi connectivity index (χ4v) is 5.63. The van der Waals surface area contributed by atoms with E-state index in [0.29, 0.717) is 11.7 Å². The van der Waals surface area contributed by atoms with Gasteiger partial charge in [-0.2, -0.15) is 5.21 Å². The average molecular weight is 477 g/mol. The highest BCUT2D eigenvalue weighted by Crippen LogP contribution is 2.44. The molecule has 0 saturated heterocycles. The summed E-state index contributed by atoms with van der Waals surface area (Å²) in [4.78, 5) is 12.4. The van der Waals surface area contributed by atoms with Gasteiger partial charge in [0.05, 0.1) is 6.04 Å². The molecule has 8 heteroatoms. The van der Waals surface area contributed by atoms with Crippen molar-refractivity contribution in [1.82, 2.24) is 35.2 Å². The molecule has 4 heterocycles. The Bertz CT molecular complexity index is 1600. The van der Waals surface area contributed by atoms with Crippen LogP contribution in [0.1, 0.15) is 65.8 Å². The zero-order valence-electron chi connectivity index (χ0n) is 20.7. The zero-order valence-corrected chi connectivity index (χ0v) is 20.7. The molecule has 1 saturated carbocycles. The monoisotopic (exact) mass is 476 g/mol. The molecule has 1 aliphatic carbocycles. The highest BCUT2D eigenvalue weighted by atomic mass is 15.5. The number of aromatic nitrogens is 7. The van der Waals surface area contributed by atoms with Crippen molar-refractivity contribution in [1.29, 1.82) is 0 Å². The average Bonchev–Trinajstić information content (AvgIpc) is 3.47. The van der Waals surface area contributed by atoms with Crippen LogP contribution < -0.4 is 4.90 Å². The van der Waals surface area contributed by atoms with Crippen LogP contribution in [-0.2, 0) is 12.8 Å². The second kappa shape index (κ2) is 7.98. The Labute approximate surface area is 209 Å². The number of nitrogens with one attached hydrogen (secondary N) is 1. The number of fused-ring (bicyclic) bond motifs is 3. The lowest BCUT2D eigenvalue weighted by molar-refractivity contribution is 0.711. The van der Waals surface area contributed by atoms with E-state index in [-0.39, 0.29) is 6.04 Å². The number of aryl methyl sites for hydroxylation is 4. The fraction of sp³-hybridized carbons (Fsp3) is 0.321. The highest BCUT2D eigenvalue weighted by Gasteiger charge is 2.32. The van der Waals surface area contributed by atoms with Gasteiger partial charge in [0.15, 0.2) is 11.5 Å². The Kier molecular flexibility index (Phi) is 4.71. The number of para-hydroxylation sites is 1. The van der Waals surface area contributed by atoms with Gasteiger partial charge >= 0.3 is 0 Å². The number of rotatable bonds is 4. The molecule has 2 aliphatic rings. The van der Waals surface area contributed by atoms with Crippen molar-refractivity contribution < 1.29 is 0 Å². The minimum Gasteiger partial charge on any atom is -0.330 e. The predicted molar refractivity (Wildman–Crippen MR) is 139 cm³/mol. The molecule has 0 amide bonds. The van der Waals surface area contributed by atoms with Crippen molar-refractivity contribution in [3.05, 3.63) is 82.6 Å². The molecule has 1 atom stereocenters. The van der Waals surface area contributed by atoms with Crippen LogP contribution in [-0.4, -0.2) is 35.2 Å². The van der Waals surface area contributed by atoms with Crippen LogP contribution in [0.15, 0.2) is 48.5 Å². The molecule has 1 N–H and O–H groups in total. The van der Waals surface area contributed by atoms with Gasteiger partial charge in [-0.05, 0) is 93.5 Å². The van der Waals surface area contributed by atoms with E-state index in [0.717, 1.165) is 41.2 Å². The minimum absolute atomic E-state index is 0.0735. The first-order chi connectivity index (χ1) is 17.6. The Balaban J connectivity index is 1.42. The minimum atomic E-state index is -0.0735. The van der Waals surface area contributed by atoms with E-state index < -0.39 is 0 Å². The molecule has 1 fully saturated rings. The van der Waals surface area contributed by atoms with E-state index in [1.54, 1.807) is 0 Å². The van der Waals surface area contributed by atoms with Gasteiger partial charge in [-0.3, -0.25) is 4.57 Å². The van der Waals surface area contributed by atoms with Gasteiger partial charge in [0.2, 0.25) is 0 Å². The molecule has 1 unspecified atom stereocenters. The van der Waals surface area contributed by atoms with Gasteiger partial charge in [0.1, 0.15) is 11.3 Å². The maximum atomic E-state index is 5.09. The van der Waals surface area contributed by atoms with Crippen molar-refractivity contribution >= 4 is 22.5 Å². The summed E-state index contributed by atoms with van der Waals surface area (Å²) in [5.74, 6) is 2.32. The lowest BCUT2D eigenvalue weighted by Gasteiger charge is -2.31. The summed E-state index contributed by atoms with van der Waals surface area (Å²) >= 11 is 0. The van der Waals surface area contributed by atoms with Crippen LogP contribution in [0.3, 0.4) is 0 Å². The van der Waals surface area contributed by atoms with Crippen LogP contribution in [0.2, 0.25) is 0 Å². The smallest absolute Gasteiger partial charge is 0.196 e. The predicted octanol–water partition coefficient (Wildman–Crippen LogP) is 5.43. The largest absolute Gasteiger partial charge is 0.330 e. The van der Waals surface area contributed by atoms with Crippen LogP contribution >= 0.6 is 0 Å². The molecule has 0 spiro atoms. The van der Waals surface area contributed by atoms with Crippen molar-refractivity contribution in [2.75, 3.05) is 4.90 Å². The molecular weight excluding hydrogens is 448 g/mol. The third-order valence-corrected chi connectivity index (χ3v) is 7.52. The van der Waals surface area contributed by atoms with Gasteiger partial charge < -0.3 is 4.90 Å². The van der Waals surface area contributed by atoms with E-state index >= 15 is 0 Å². The maximum absolute atomic E-state index is 5.09. The molecule has 0 radical (unpaired) electrons. The molecule has 180 valence electrons. The topological polar surface area (TPSA) is 88.4 Å². The molecule has 8 nitrogen and oxygen atoms in total. The lowest BCUT2D eigenvalue weighted by Crippen LogP contribution is -2.23. The summed E-state index contributed by atoms with van der Waals surface area (Å²) in [5.41, 5.74) is 10.3. The summed E-state index contributed by atoms with van der Waals surface area (Å²) < 4.78 is 2.30. The second-order valence-electron chi connectivity index (χ2n) is 10.1. The number of aromatic amines is 1. The Morgan fingerprint density at radius 2 is 1.75 bits per heavy atom. The molecule has 3 aromatic heterocycles. The van der Waals surface area contributed by atoms with Crippen molar-refractivity contribution in [2.24, 2.45) is 0 Å². The maximum Gasteiger partial charge on any atom is 0.196 e. The Hall–Kier alpha value is -4.07. The number of hydrogen-bond donors (Lipinski definition) is 1. The number of anilines is 2. The molecule has 2 aromatic carbocycles. The van der Waals surface area contributed by atoms with Gasteiger partial charge in [0.25, 0.3) is 0 Å². The van der Waals surface area contributed by atoms with E-state index in [1.165, 1.54) is 40.9 Å². The van der Waals surface area contributed by atoms with E-state index in [1.807, 2.05) is 0 Å². The Morgan fingerprint density at radius 3 is 2.56 bits per heavy atom. The normalized spacial score (nSPS) is 16.0. The van der Waals surface area contributed by atoms with Crippen molar-refractivity contribution in [2.45, 2.75) is 58.4 Å². The van der Waals surface area contributed by atoms with E-state index in [4.69, 9.17) is 9.97 Å². The van der Waals surface area contributed by atoms with Crippen LogP contribution in [0.4, 0.5) is 11.4 Å². The first-order valence-electron chi connectivity index (χ1n) is 12.7. The summed E-state index contributed by atoms with van der Waals surface area (Å²) in [5, 5.41) is 15.0. The summed E-state index contributed by atoms with van der Waals surface area (Å²) in [7, 11) is 0. The molecule has 36 heavy (non-hydrogen) atoms. The highest BCUT2D eigenvalue weighted by molar-refractivity contribution is 5.79. The van der Waals surface area contributed by atoms with Crippen molar-refractivity contribution in [3.63, 3.8) is 0 Å². The number of hydrogen-bond acceptors (Lipinski definition) is 6. The van der Waals surface area contributed by atoms with Gasteiger partial charge in [0, 0.05) is 28.7 Å². The first kappa shape index (κ1) is 21.2. The quantitative estimate of drug-likeness (QED) is 0.372. The fourth-order valence-electron chi connectivity index (χ4n) is 5.63. The number of H-pyrrole nitrogens is 1. The summed E-state index contributed by atoms with van der Waals surface area (Å²) in [6, 6.07) is 17.5. The lowest BCUT2D eigenvalue weighted by atomic mass is 10.0. The molecule has 0 bridgehead atoms. The van der Waals surface area contributed by atoms with Crippen LogP contribution in [0.5, 0.6) is 0 Å². The Morgan fingerprint density at radius 1 is 0.944 bits per heavy atom. The summed E-state index contributed by atoms with van der Waals surface area (Å²) in [6.45, 7) is 6.33. The first-order valence-corrected chi connectivity index (χ1v) is 12.7. The van der Waals surface area contributed by atoms with Gasteiger partial charge in [-0.25, -0.2) is 9.97 Å². The number of tetrazole rings is 1. The van der Waals surface area contributed by atoms with Crippen LogP contribution in [0.25, 0.3) is 16.9 Å². The van der Waals surface area contributed by atoms with Gasteiger partial charge in [-0.1, -0.05) is 23.4 Å².